The Kier molecular flexibility index (Phi) is 85.2. The van der Waals surface area contributed by atoms with E-state index in [1.165, 1.54) is 0 Å². The fourth-order valence-corrected chi connectivity index (χ4v) is 0. The average Bonchev–Trinajstić information content (AvgIpc) is 1.46. The molecule has 0 fully saturated rings. The predicted molar refractivity (Wildman–Crippen MR) is 21.7 cm³/mol. The molecule has 0 aromatic carbocycles. The first-order valence-corrected chi connectivity index (χ1v) is 1.50. The van der Waals surface area contributed by atoms with Crippen molar-refractivity contribution in [3.05, 3.63) is 7.11 Å². The van der Waals surface area contributed by atoms with Gasteiger partial charge in [-0.2, -0.15) is 0 Å². The molecule has 0 aromatic rings. The van der Waals surface area contributed by atoms with E-state index in [0.29, 0.717) is 0 Å². The Balaban J connectivity index is -0.0000000275. The Hall–Kier alpha value is 1.37. The van der Waals surface area contributed by atoms with E-state index in [1.807, 2.05) is 0 Å². The zero-order valence-electron chi connectivity index (χ0n) is 3.29. The first-order valence-electron chi connectivity index (χ1n) is 0.921. The predicted octanol–water partition coefficient (Wildman–Crippen LogP) is -0.369. The molecule has 2 N–H and O–H groups in total. The van der Waals surface area contributed by atoms with Gasteiger partial charge in [-0.1, -0.05) is 5.94 Å². The van der Waals surface area contributed by atoms with E-state index in [0.717, 1.165) is 0 Å². The van der Waals surface area contributed by atoms with Gasteiger partial charge in [0.05, 0.1) is 0 Å². The van der Waals surface area contributed by atoms with Crippen LogP contribution in [0.1, 0.15) is 0 Å². The second kappa shape index (κ2) is 32.7. The summed E-state index contributed by atoms with van der Waals surface area (Å²) in [5.74, 6) is -0.167. The van der Waals surface area contributed by atoms with Crippen molar-refractivity contribution in [1.29, 1.82) is 0 Å². The van der Waals surface area contributed by atoms with E-state index in [9.17, 15) is 0 Å². The van der Waals surface area contributed by atoms with E-state index in [4.69, 9.17) is 10.2 Å². The standard InChI is InChI=1S/CH4OS.CH3O.Y/c2-1-3;1-2;/h2-3H,1H2;2H,1H2;/q;-1;+3/p-1. The molecule has 0 radical (unpaired) electrons. The molecule has 0 saturated carbocycles. The Morgan fingerprint density at radius 1 is 1.50 bits per heavy atom. The normalized spacial score (nSPS) is 4.00. The summed E-state index contributed by atoms with van der Waals surface area (Å²) < 4.78 is 0. The van der Waals surface area contributed by atoms with Gasteiger partial charge < -0.3 is 22.8 Å². The van der Waals surface area contributed by atoms with Crippen molar-refractivity contribution in [2.24, 2.45) is 0 Å². The number of hydrogen-bond acceptors (Lipinski definition) is 3. The largest absolute Gasteiger partial charge is 3.00 e. The van der Waals surface area contributed by atoms with Gasteiger partial charge in [-0.3, -0.25) is 0 Å². The summed E-state index contributed by atoms with van der Waals surface area (Å²) in [5.41, 5.74) is 0. The molecule has 0 aliphatic carbocycles. The maximum Gasteiger partial charge on any atom is 3.00 e. The zero-order valence-corrected chi connectivity index (χ0v) is 6.95. The van der Waals surface area contributed by atoms with Crippen LogP contribution in [0.25, 0.3) is 0 Å². The first-order chi connectivity index (χ1) is 2.41. The topological polar surface area (TPSA) is 40.5 Å². The molecule has 34 valence electrons. The summed E-state index contributed by atoms with van der Waals surface area (Å²) >= 11 is 3.95. The minimum Gasteiger partial charge on any atom is -0.765 e. The summed E-state index contributed by atoms with van der Waals surface area (Å²) in [6, 6.07) is 0. The second-order valence-corrected chi connectivity index (χ2v) is 0.387. The van der Waals surface area contributed by atoms with Gasteiger partial charge in [-0.15, -0.1) is 0 Å². The van der Waals surface area contributed by atoms with Gasteiger partial charge in [0.2, 0.25) is 0 Å². The van der Waals surface area contributed by atoms with Crippen molar-refractivity contribution < 1.29 is 42.9 Å². The molecule has 0 atom stereocenters. The van der Waals surface area contributed by atoms with Gasteiger partial charge in [-0.05, 0) is 0 Å². The van der Waals surface area contributed by atoms with Crippen LogP contribution in [0, 0.1) is 7.11 Å². The molecule has 2 nitrogen and oxygen atoms in total. The minimum absolute atomic E-state index is 0. The molecule has 0 saturated heterocycles. The summed E-state index contributed by atoms with van der Waals surface area (Å²) in [6.45, 7) is 0. The van der Waals surface area contributed by atoms with Gasteiger partial charge in [0.15, 0.2) is 0 Å². The third-order valence-electron chi connectivity index (χ3n) is 0. The quantitative estimate of drug-likeness (QED) is 0.397. The zero-order chi connectivity index (χ0) is 4.71. The third-order valence-corrected chi connectivity index (χ3v) is 0. The van der Waals surface area contributed by atoms with Crippen LogP contribution in [-0.4, -0.2) is 16.2 Å². The molecule has 0 spiro atoms. The van der Waals surface area contributed by atoms with E-state index < -0.39 is 0 Å². The fourth-order valence-electron chi connectivity index (χ4n) is 0. The second-order valence-electron chi connectivity index (χ2n) is 0.129. The molecule has 0 aliphatic rings. The van der Waals surface area contributed by atoms with Gasteiger partial charge in [0.1, 0.15) is 0 Å². The van der Waals surface area contributed by atoms with Crippen molar-refractivity contribution in [1.82, 2.24) is 0 Å². The van der Waals surface area contributed by atoms with Gasteiger partial charge in [0.25, 0.3) is 0 Å². The molecule has 0 amide bonds. The van der Waals surface area contributed by atoms with E-state index in [2.05, 4.69) is 19.7 Å². The van der Waals surface area contributed by atoms with Crippen molar-refractivity contribution in [2.75, 3.05) is 5.94 Å². The SMILES string of the molecule is OC[S-].[CH2-]O.[Y+3]. The summed E-state index contributed by atoms with van der Waals surface area (Å²) in [6.07, 6.45) is 0. The molecule has 6 heavy (non-hydrogen) atoms. The van der Waals surface area contributed by atoms with Crippen LogP contribution in [0.4, 0.5) is 0 Å². The van der Waals surface area contributed by atoms with Crippen LogP contribution in [0.15, 0.2) is 0 Å². The number of hydrogen-bond donors (Lipinski definition) is 2. The minimum atomic E-state index is -0.167. The summed E-state index contributed by atoms with van der Waals surface area (Å²) in [4.78, 5) is 0. The van der Waals surface area contributed by atoms with Crippen LogP contribution in [0.5, 0.6) is 0 Å². The molecule has 0 rings (SSSR count). The molecule has 0 aliphatic heterocycles. The first kappa shape index (κ1) is 15.7. The number of aliphatic hydroxyl groups excluding tert-OH is 2. The van der Waals surface area contributed by atoms with Crippen LogP contribution in [0.3, 0.4) is 0 Å². The van der Waals surface area contributed by atoms with Crippen LogP contribution >= 0.6 is 0 Å². The van der Waals surface area contributed by atoms with E-state index >= 15 is 0 Å². The Labute approximate surface area is 68.2 Å². The fraction of sp³-hybridized carbons (Fsp3) is 0.500. The van der Waals surface area contributed by atoms with Gasteiger partial charge in [0, 0.05) is 0 Å². The van der Waals surface area contributed by atoms with Gasteiger partial charge >= 0.3 is 32.7 Å². The Morgan fingerprint density at radius 3 is 1.50 bits per heavy atom. The van der Waals surface area contributed by atoms with Crippen molar-refractivity contribution in [2.45, 2.75) is 0 Å². The molecule has 0 aromatic heterocycles. The van der Waals surface area contributed by atoms with Crippen molar-refractivity contribution in [3.8, 4) is 0 Å². The molecule has 4 heteroatoms. The average molecular weight is 183 g/mol. The maximum atomic E-state index is 7.38. The third kappa shape index (κ3) is 54.5. The van der Waals surface area contributed by atoms with Gasteiger partial charge in [-0.25, -0.2) is 7.11 Å². The summed E-state index contributed by atoms with van der Waals surface area (Å²) in [5, 5.41) is 14.1. The molecular weight excluding hydrogens is 177 g/mol. The Bertz CT molecular complexity index is 11.5. The van der Waals surface area contributed by atoms with Crippen molar-refractivity contribution in [3.63, 3.8) is 0 Å². The smallest absolute Gasteiger partial charge is 0.765 e. The monoisotopic (exact) mass is 183 g/mol. The van der Waals surface area contributed by atoms with Crippen LogP contribution in [-0.2, 0) is 45.3 Å². The van der Waals surface area contributed by atoms with E-state index in [-0.39, 0.29) is 38.6 Å². The van der Waals surface area contributed by atoms with Crippen molar-refractivity contribution >= 4 is 12.6 Å². The maximum absolute atomic E-state index is 7.38. The summed E-state index contributed by atoms with van der Waals surface area (Å²) in [7, 11) is 2.25. The molecule has 0 heterocycles. The van der Waals surface area contributed by atoms with E-state index in [1.54, 1.807) is 0 Å². The van der Waals surface area contributed by atoms with Crippen LogP contribution in [0.2, 0.25) is 0 Å². The molecular formula is C2H6O2SY+. The number of aliphatic hydroxyl groups is 2. The Morgan fingerprint density at radius 2 is 1.50 bits per heavy atom. The number of rotatable bonds is 0. The molecule has 0 unspecified atom stereocenters. The van der Waals surface area contributed by atoms with Crippen LogP contribution < -0.4 is 0 Å². The molecule has 0 bridgehead atoms.